The number of pyridine rings is 1. The molecule has 2 aromatic rings. The molecule has 0 spiro atoms. The number of benzene rings is 1. The summed E-state index contributed by atoms with van der Waals surface area (Å²) in [4.78, 5) is 30.3. The summed E-state index contributed by atoms with van der Waals surface area (Å²) in [5.41, 5.74) is 4.01. The monoisotopic (exact) mass is 353 g/mol. The number of fused-ring (bicyclic) bond motifs is 1. The summed E-state index contributed by atoms with van der Waals surface area (Å²) >= 11 is 0. The maximum atomic E-state index is 12.5. The van der Waals surface area contributed by atoms with Crippen LogP contribution in [0.3, 0.4) is 0 Å². The maximum absolute atomic E-state index is 12.5. The van der Waals surface area contributed by atoms with E-state index < -0.39 is 0 Å². The molecule has 1 amide bonds. The third kappa shape index (κ3) is 3.40. The molecule has 2 N–H and O–H groups in total. The molecule has 1 aliphatic carbocycles. The van der Waals surface area contributed by atoms with Crippen LogP contribution in [0.15, 0.2) is 23.0 Å². The molecule has 26 heavy (non-hydrogen) atoms. The van der Waals surface area contributed by atoms with Gasteiger partial charge in [0.2, 0.25) is 5.91 Å². The van der Waals surface area contributed by atoms with E-state index in [0.29, 0.717) is 18.5 Å². The number of hydrogen-bond acceptors (Lipinski definition) is 3. The number of likely N-dealkylation sites (tertiary alicyclic amines) is 1. The van der Waals surface area contributed by atoms with Crippen molar-refractivity contribution in [1.29, 1.82) is 0 Å². The first-order chi connectivity index (χ1) is 12.5. The number of carbonyl (C=O) groups is 1. The van der Waals surface area contributed by atoms with Gasteiger partial charge in [0.25, 0.3) is 0 Å². The van der Waals surface area contributed by atoms with Crippen LogP contribution in [0.2, 0.25) is 0 Å². The average Bonchev–Trinajstić information content (AvgIpc) is 3.47. The zero-order valence-corrected chi connectivity index (χ0v) is 15.6. The van der Waals surface area contributed by atoms with E-state index in [0.717, 1.165) is 66.5 Å². The van der Waals surface area contributed by atoms with Crippen molar-refractivity contribution in [2.75, 3.05) is 13.1 Å². The standard InChI is InChI=1S/C21H27N3O2/c1-13-5-6-14(2)20-19(13)18(25)10-17(23-20)11-22-16-4-3-9-24(12-16)21(26)15-7-8-15/h5-6,10,15-16,22H,3-4,7-9,11-12H2,1-2H3,(H,23,25)/t16-/m1/s1. The molecule has 4 rings (SSSR count). The number of aryl methyl sites for hydroxylation is 2. The summed E-state index contributed by atoms with van der Waals surface area (Å²) < 4.78 is 0. The first kappa shape index (κ1) is 17.3. The lowest BCUT2D eigenvalue weighted by molar-refractivity contribution is -0.133. The number of amides is 1. The summed E-state index contributed by atoms with van der Waals surface area (Å²) in [7, 11) is 0. The van der Waals surface area contributed by atoms with Crippen LogP contribution in [-0.2, 0) is 11.3 Å². The molecule has 1 aromatic heterocycles. The number of aromatic nitrogens is 1. The normalized spacial score (nSPS) is 20.5. The van der Waals surface area contributed by atoms with Crippen molar-refractivity contribution in [1.82, 2.24) is 15.2 Å². The van der Waals surface area contributed by atoms with Crippen LogP contribution in [0.4, 0.5) is 0 Å². The number of piperidine rings is 1. The average molecular weight is 353 g/mol. The molecule has 2 aliphatic rings. The highest BCUT2D eigenvalue weighted by molar-refractivity contribution is 5.84. The Morgan fingerprint density at radius 2 is 2.00 bits per heavy atom. The number of aromatic amines is 1. The lowest BCUT2D eigenvalue weighted by Gasteiger charge is -2.33. The van der Waals surface area contributed by atoms with Gasteiger partial charge >= 0.3 is 0 Å². The molecule has 0 unspecified atom stereocenters. The van der Waals surface area contributed by atoms with Crippen LogP contribution in [0.25, 0.3) is 10.9 Å². The molecule has 2 heterocycles. The van der Waals surface area contributed by atoms with Gasteiger partial charge in [-0.3, -0.25) is 9.59 Å². The van der Waals surface area contributed by atoms with Gasteiger partial charge in [-0.2, -0.15) is 0 Å². The molecular weight excluding hydrogens is 326 g/mol. The molecule has 5 nitrogen and oxygen atoms in total. The fraction of sp³-hybridized carbons (Fsp3) is 0.524. The summed E-state index contributed by atoms with van der Waals surface area (Å²) in [6.07, 6.45) is 4.24. The second-order valence-electron chi connectivity index (χ2n) is 7.89. The van der Waals surface area contributed by atoms with Crippen LogP contribution >= 0.6 is 0 Å². The number of carbonyl (C=O) groups excluding carboxylic acids is 1. The summed E-state index contributed by atoms with van der Waals surface area (Å²) in [5, 5.41) is 4.33. The highest BCUT2D eigenvalue weighted by atomic mass is 16.2. The first-order valence-electron chi connectivity index (χ1n) is 9.67. The minimum absolute atomic E-state index is 0.0749. The minimum atomic E-state index is 0.0749. The van der Waals surface area contributed by atoms with E-state index >= 15 is 0 Å². The Morgan fingerprint density at radius 1 is 1.23 bits per heavy atom. The van der Waals surface area contributed by atoms with Crippen LogP contribution in [0.5, 0.6) is 0 Å². The van der Waals surface area contributed by atoms with Gasteiger partial charge in [0, 0.05) is 48.7 Å². The number of rotatable bonds is 4. The molecule has 0 radical (unpaired) electrons. The smallest absolute Gasteiger partial charge is 0.225 e. The summed E-state index contributed by atoms with van der Waals surface area (Å²) in [6, 6.07) is 6.05. The van der Waals surface area contributed by atoms with Crippen molar-refractivity contribution in [3.8, 4) is 0 Å². The van der Waals surface area contributed by atoms with Gasteiger partial charge in [-0.1, -0.05) is 12.1 Å². The van der Waals surface area contributed by atoms with E-state index in [1.807, 2.05) is 30.9 Å². The summed E-state index contributed by atoms with van der Waals surface area (Å²) in [6.45, 7) is 6.29. The fourth-order valence-corrected chi connectivity index (χ4v) is 4.00. The Balaban J connectivity index is 1.47. The number of nitrogens with one attached hydrogen (secondary N) is 2. The number of nitrogens with zero attached hydrogens (tertiary/aromatic N) is 1. The molecule has 1 aliphatic heterocycles. The van der Waals surface area contributed by atoms with Crippen molar-refractivity contribution in [3.63, 3.8) is 0 Å². The lowest BCUT2D eigenvalue weighted by Crippen LogP contribution is -2.48. The zero-order valence-electron chi connectivity index (χ0n) is 15.6. The molecule has 1 saturated carbocycles. The van der Waals surface area contributed by atoms with Gasteiger partial charge in [-0.25, -0.2) is 0 Å². The van der Waals surface area contributed by atoms with Gasteiger partial charge in [0.1, 0.15) is 0 Å². The molecular formula is C21H27N3O2. The second-order valence-corrected chi connectivity index (χ2v) is 7.89. The van der Waals surface area contributed by atoms with Gasteiger partial charge in [-0.15, -0.1) is 0 Å². The molecule has 1 saturated heterocycles. The zero-order chi connectivity index (χ0) is 18.3. The van der Waals surface area contributed by atoms with E-state index in [9.17, 15) is 9.59 Å². The molecule has 2 fully saturated rings. The Morgan fingerprint density at radius 3 is 2.77 bits per heavy atom. The largest absolute Gasteiger partial charge is 0.357 e. The van der Waals surface area contributed by atoms with E-state index in [4.69, 9.17) is 0 Å². The third-order valence-corrected chi connectivity index (χ3v) is 5.70. The fourth-order valence-electron chi connectivity index (χ4n) is 4.00. The van der Waals surface area contributed by atoms with E-state index in [1.165, 1.54) is 0 Å². The Hall–Kier alpha value is -2.14. The predicted octanol–water partition coefficient (Wildman–Crippen LogP) is 2.64. The van der Waals surface area contributed by atoms with Crippen molar-refractivity contribution >= 4 is 16.8 Å². The number of H-pyrrole nitrogens is 1. The van der Waals surface area contributed by atoms with Gasteiger partial charge in [0.05, 0.1) is 5.52 Å². The first-order valence-corrected chi connectivity index (χ1v) is 9.67. The molecule has 138 valence electrons. The Kier molecular flexibility index (Phi) is 4.57. The highest BCUT2D eigenvalue weighted by Crippen LogP contribution is 2.31. The van der Waals surface area contributed by atoms with Crippen molar-refractivity contribution in [2.45, 2.75) is 52.1 Å². The van der Waals surface area contributed by atoms with E-state index in [2.05, 4.69) is 10.3 Å². The quantitative estimate of drug-likeness (QED) is 0.888. The minimum Gasteiger partial charge on any atom is -0.357 e. The van der Waals surface area contributed by atoms with Crippen molar-refractivity contribution in [3.05, 3.63) is 45.2 Å². The van der Waals surface area contributed by atoms with Crippen LogP contribution in [0.1, 0.15) is 42.5 Å². The molecule has 1 atom stereocenters. The van der Waals surface area contributed by atoms with Gasteiger partial charge < -0.3 is 15.2 Å². The van der Waals surface area contributed by atoms with Gasteiger partial charge in [-0.05, 0) is 50.7 Å². The number of hydrogen-bond donors (Lipinski definition) is 2. The van der Waals surface area contributed by atoms with Crippen LogP contribution in [0, 0.1) is 19.8 Å². The third-order valence-electron chi connectivity index (χ3n) is 5.70. The van der Waals surface area contributed by atoms with Crippen LogP contribution < -0.4 is 10.7 Å². The predicted molar refractivity (Wildman–Crippen MR) is 103 cm³/mol. The van der Waals surface area contributed by atoms with Gasteiger partial charge in [0.15, 0.2) is 5.43 Å². The van der Waals surface area contributed by atoms with Crippen molar-refractivity contribution in [2.24, 2.45) is 5.92 Å². The van der Waals surface area contributed by atoms with E-state index in [-0.39, 0.29) is 11.3 Å². The Labute approximate surface area is 153 Å². The van der Waals surface area contributed by atoms with Crippen LogP contribution in [-0.4, -0.2) is 34.9 Å². The molecule has 0 bridgehead atoms. The summed E-state index contributed by atoms with van der Waals surface area (Å²) in [5.74, 6) is 0.624. The second kappa shape index (κ2) is 6.88. The highest BCUT2D eigenvalue weighted by Gasteiger charge is 2.35. The topological polar surface area (TPSA) is 65.2 Å². The maximum Gasteiger partial charge on any atom is 0.225 e. The Bertz CT molecular complexity index is 898. The molecule has 1 aromatic carbocycles. The lowest BCUT2D eigenvalue weighted by atomic mass is 10.0. The van der Waals surface area contributed by atoms with E-state index in [1.54, 1.807) is 6.07 Å². The SMILES string of the molecule is Cc1ccc(C)c2c(=O)cc(CN[C@@H]3CCCN(C(=O)C4CC4)C3)[nH]c12. The molecule has 5 heteroatoms. The van der Waals surface area contributed by atoms with Crippen molar-refractivity contribution < 1.29 is 4.79 Å².